The Hall–Kier alpha value is -0.720. The predicted molar refractivity (Wildman–Crippen MR) is 70.9 cm³/mol. The van der Waals surface area contributed by atoms with Gasteiger partial charge in [-0.2, -0.15) is 0 Å². The van der Waals surface area contributed by atoms with Gasteiger partial charge in [-0.05, 0) is 6.42 Å². The number of methoxy groups -OCH3 is 1. The summed E-state index contributed by atoms with van der Waals surface area (Å²) in [5.74, 6) is 0.184. The lowest BCUT2D eigenvalue weighted by Crippen LogP contribution is -2.43. The van der Waals surface area contributed by atoms with Crippen molar-refractivity contribution in [3.8, 4) is 0 Å². The van der Waals surface area contributed by atoms with Crippen LogP contribution in [0.5, 0.6) is 0 Å². The van der Waals surface area contributed by atoms with Crippen molar-refractivity contribution in [2.75, 3.05) is 40.4 Å². The quantitative estimate of drug-likeness (QED) is 0.644. The maximum atomic E-state index is 11.9. The van der Waals surface area contributed by atoms with Crippen molar-refractivity contribution in [1.29, 1.82) is 0 Å². The molecule has 17 heavy (non-hydrogen) atoms. The zero-order valence-corrected chi connectivity index (χ0v) is 11.3. The van der Waals surface area contributed by atoms with Crippen molar-refractivity contribution in [2.45, 2.75) is 18.9 Å². The van der Waals surface area contributed by atoms with Gasteiger partial charge in [0.25, 0.3) is 0 Å². The van der Waals surface area contributed by atoms with Gasteiger partial charge in [-0.25, -0.2) is 0 Å². The van der Waals surface area contributed by atoms with Crippen LogP contribution in [0.25, 0.3) is 0 Å². The zero-order chi connectivity index (χ0) is 12.8. The van der Waals surface area contributed by atoms with Crippen LogP contribution in [0.1, 0.15) is 12.8 Å². The number of likely N-dealkylation sites (tertiary alicyclic amines) is 1. The highest BCUT2D eigenvalue weighted by Crippen LogP contribution is 2.16. The van der Waals surface area contributed by atoms with Crippen LogP contribution in [0.4, 0.5) is 0 Å². The molecule has 98 valence electrons. The van der Waals surface area contributed by atoms with Crippen molar-refractivity contribution < 1.29 is 9.53 Å². The fraction of sp³-hybridized carbons (Fsp3) is 0.818. The number of carbonyl (C=O) groups is 1. The monoisotopic (exact) mass is 259 g/mol. The highest BCUT2D eigenvalue weighted by Gasteiger charge is 2.33. The van der Waals surface area contributed by atoms with E-state index in [0.717, 1.165) is 26.1 Å². The summed E-state index contributed by atoms with van der Waals surface area (Å²) in [7, 11) is 3.50. The van der Waals surface area contributed by atoms with Gasteiger partial charge in [-0.1, -0.05) is 12.2 Å². The van der Waals surface area contributed by atoms with Gasteiger partial charge in [0.1, 0.15) is 0 Å². The minimum atomic E-state index is -0.0375. The second kappa shape index (κ2) is 6.88. The Kier molecular flexibility index (Phi) is 5.80. The highest BCUT2D eigenvalue weighted by molar-refractivity contribution is 7.80. The van der Waals surface area contributed by atoms with Gasteiger partial charge >= 0.3 is 0 Å². The van der Waals surface area contributed by atoms with E-state index in [2.05, 4.69) is 4.90 Å². The Morgan fingerprint density at radius 2 is 2.35 bits per heavy atom. The molecule has 1 amide bonds. The third-order valence-electron chi connectivity index (χ3n) is 3.07. The molecular weight excluding hydrogens is 238 g/mol. The van der Waals surface area contributed by atoms with Crippen LogP contribution < -0.4 is 5.73 Å². The smallest absolute Gasteiger partial charge is 0.239 e. The fourth-order valence-electron chi connectivity index (χ4n) is 2.03. The molecule has 1 unspecified atom stereocenters. The predicted octanol–water partition coefficient (Wildman–Crippen LogP) is -0.158. The SMILES string of the molecule is COCCN(CCC(N)=S)C1CCN(C)C1=O. The molecule has 1 atom stereocenters. The Balaban J connectivity index is 2.55. The number of nitrogens with zero attached hydrogens (tertiary/aromatic N) is 2. The summed E-state index contributed by atoms with van der Waals surface area (Å²) in [6, 6.07) is -0.0375. The first-order chi connectivity index (χ1) is 8.06. The summed E-state index contributed by atoms with van der Waals surface area (Å²) in [6.07, 6.45) is 1.52. The number of rotatable bonds is 7. The molecule has 5 nitrogen and oxygen atoms in total. The summed E-state index contributed by atoms with van der Waals surface area (Å²) >= 11 is 4.88. The molecule has 6 heteroatoms. The minimum Gasteiger partial charge on any atom is -0.393 e. The largest absolute Gasteiger partial charge is 0.393 e. The second-order valence-electron chi connectivity index (χ2n) is 4.31. The number of thiocarbonyl (C=S) groups is 1. The van der Waals surface area contributed by atoms with E-state index >= 15 is 0 Å². The molecule has 1 heterocycles. The molecule has 1 rings (SSSR count). The first-order valence-corrected chi connectivity index (χ1v) is 6.23. The van der Waals surface area contributed by atoms with Gasteiger partial charge in [-0.3, -0.25) is 9.69 Å². The molecule has 1 fully saturated rings. The van der Waals surface area contributed by atoms with E-state index in [9.17, 15) is 4.79 Å². The van der Waals surface area contributed by atoms with Crippen molar-refractivity contribution in [3.05, 3.63) is 0 Å². The molecular formula is C11H21N3O2S. The van der Waals surface area contributed by atoms with Crippen LogP contribution in [-0.4, -0.2) is 67.1 Å². The van der Waals surface area contributed by atoms with Crippen LogP contribution in [0.3, 0.4) is 0 Å². The Bertz CT molecular complexity index is 286. The van der Waals surface area contributed by atoms with Gasteiger partial charge in [0.05, 0.1) is 17.6 Å². The summed E-state index contributed by atoms with van der Waals surface area (Å²) in [5.41, 5.74) is 5.51. The van der Waals surface area contributed by atoms with Crippen molar-refractivity contribution in [3.63, 3.8) is 0 Å². The average molecular weight is 259 g/mol. The lowest BCUT2D eigenvalue weighted by Gasteiger charge is -2.27. The molecule has 0 bridgehead atoms. The molecule has 2 N–H and O–H groups in total. The van der Waals surface area contributed by atoms with Crippen LogP contribution in [0.2, 0.25) is 0 Å². The average Bonchev–Trinajstić information content (AvgIpc) is 2.60. The molecule has 0 aliphatic carbocycles. The van der Waals surface area contributed by atoms with E-state index in [-0.39, 0.29) is 11.9 Å². The van der Waals surface area contributed by atoms with E-state index in [1.807, 2.05) is 7.05 Å². The van der Waals surface area contributed by atoms with Gasteiger partial charge in [0.15, 0.2) is 0 Å². The van der Waals surface area contributed by atoms with E-state index in [1.165, 1.54) is 0 Å². The number of nitrogens with two attached hydrogens (primary N) is 1. The van der Waals surface area contributed by atoms with Gasteiger partial charge in [0.2, 0.25) is 5.91 Å². The standard InChI is InChI=1S/C11H21N3O2S/c1-13-5-3-9(11(13)15)14(7-8-16-2)6-4-10(12)17/h9H,3-8H2,1-2H3,(H2,12,17). The van der Waals surface area contributed by atoms with E-state index < -0.39 is 0 Å². The van der Waals surface area contributed by atoms with Crippen molar-refractivity contribution in [1.82, 2.24) is 9.80 Å². The lowest BCUT2D eigenvalue weighted by atomic mass is 10.2. The Labute approximate surface area is 108 Å². The third-order valence-corrected chi connectivity index (χ3v) is 3.27. The summed E-state index contributed by atoms with van der Waals surface area (Å²) < 4.78 is 5.07. The molecule has 1 aliphatic rings. The molecule has 0 spiro atoms. The highest BCUT2D eigenvalue weighted by atomic mass is 32.1. The lowest BCUT2D eigenvalue weighted by molar-refractivity contribution is -0.131. The first-order valence-electron chi connectivity index (χ1n) is 5.82. The maximum absolute atomic E-state index is 11.9. The number of ether oxygens (including phenoxy) is 1. The molecule has 0 radical (unpaired) electrons. The van der Waals surface area contributed by atoms with E-state index in [1.54, 1.807) is 12.0 Å². The zero-order valence-electron chi connectivity index (χ0n) is 10.5. The van der Waals surface area contributed by atoms with Crippen LogP contribution >= 0.6 is 12.2 Å². The first kappa shape index (κ1) is 14.3. The van der Waals surface area contributed by atoms with E-state index in [0.29, 0.717) is 18.0 Å². The topological polar surface area (TPSA) is 58.8 Å². The molecule has 0 saturated carbocycles. The van der Waals surface area contributed by atoms with Gasteiger partial charge in [-0.15, -0.1) is 0 Å². The number of hydrogen-bond donors (Lipinski definition) is 1. The molecule has 1 saturated heterocycles. The van der Waals surface area contributed by atoms with Gasteiger partial charge < -0.3 is 15.4 Å². The van der Waals surface area contributed by atoms with Crippen LogP contribution in [0, 0.1) is 0 Å². The number of amides is 1. The summed E-state index contributed by atoms with van der Waals surface area (Å²) in [5, 5.41) is 0. The Morgan fingerprint density at radius 3 is 2.82 bits per heavy atom. The van der Waals surface area contributed by atoms with Crippen molar-refractivity contribution in [2.24, 2.45) is 5.73 Å². The second-order valence-corrected chi connectivity index (χ2v) is 4.83. The molecule has 1 aliphatic heterocycles. The number of likely N-dealkylation sites (N-methyl/N-ethyl adjacent to an activating group) is 1. The van der Waals surface area contributed by atoms with E-state index in [4.69, 9.17) is 22.7 Å². The van der Waals surface area contributed by atoms with Crippen LogP contribution in [-0.2, 0) is 9.53 Å². The minimum absolute atomic E-state index is 0.0375. The number of hydrogen-bond acceptors (Lipinski definition) is 4. The fourth-order valence-corrected chi connectivity index (χ4v) is 2.12. The maximum Gasteiger partial charge on any atom is 0.239 e. The molecule has 0 aromatic carbocycles. The summed E-state index contributed by atoms with van der Waals surface area (Å²) in [6.45, 7) is 2.90. The normalized spacial score (nSPS) is 20.3. The van der Waals surface area contributed by atoms with Crippen molar-refractivity contribution >= 4 is 23.1 Å². The summed E-state index contributed by atoms with van der Waals surface area (Å²) in [4.78, 5) is 16.3. The number of carbonyl (C=O) groups excluding carboxylic acids is 1. The van der Waals surface area contributed by atoms with Crippen LogP contribution in [0.15, 0.2) is 0 Å². The third kappa shape index (κ3) is 4.22. The van der Waals surface area contributed by atoms with Gasteiger partial charge in [0, 0.05) is 40.2 Å². The molecule has 0 aromatic heterocycles. The molecule has 0 aromatic rings. The Morgan fingerprint density at radius 1 is 1.65 bits per heavy atom.